The predicted molar refractivity (Wildman–Crippen MR) is 54.1 cm³/mol. The molecule has 0 unspecified atom stereocenters. The Hall–Kier alpha value is -2.05. The third-order valence-electron chi connectivity index (χ3n) is 1.73. The lowest BCUT2D eigenvalue weighted by atomic mass is 10.1. The van der Waals surface area contributed by atoms with E-state index in [2.05, 4.69) is 4.99 Å². The van der Waals surface area contributed by atoms with Gasteiger partial charge in [0, 0.05) is 5.56 Å². The summed E-state index contributed by atoms with van der Waals surface area (Å²) >= 11 is 0. The summed E-state index contributed by atoms with van der Waals surface area (Å²) in [5.74, 6) is -0.784. The summed E-state index contributed by atoms with van der Waals surface area (Å²) in [4.78, 5) is 3.36. The molecule has 4 nitrogen and oxygen atoms in total. The van der Waals surface area contributed by atoms with Gasteiger partial charge in [0.2, 0.25) is 5.96 Å². The van der Waals surface area contributed by atoms with E-state index in [9.17, 15) is 13.2 Å². The van der Waals surface area contributed by atoms with Gasteiger partial charge >= 0.3 is 6.18 Å². The predicted octanol–water partition coefficient (Wildman–Crippen LogP) is 1.30. The number of hydrogen-bond acceptors (Lipinski definition) is 1. The molecule has 5 N–H and O–H groups in total. The number of nitrogens with one attached hydrogen (secondary N) is 1. The number of guanidine groups is 1. The standard InChI is InChI=1S/C9H9F3N4/c10-9(11,12)6-3-1-2-5(4-6)7(13)16-8(14)15/h1-4H,(H5,13,14,15,16). The summed E-state index contributed by atoms with van der Waals surface area (Å²) in [6, 6.07) is 4.34. The summed E-state index contributed by atoms with van der Waals surface area (Å²) in [7, 11) is 0. The van der Waals surface area contributed by atoms with Gasteiger partial charge in [-0.15, -0.1) is 0 Å². The Bertz CT molecular complexity index is 437. The number of nitrogens with zero attached hydrogens (tertiary/aromatic N) is 1. The fraction of sp³-hybridized carbons (Fsp3) is 0.111. The highest BCUT2D eigenvalue weighted by Gasteiger charge is 2.30. The lowest BCUT2D eigenvalue weighted by Gasteiger charge is -2.08. The zero-order valence-corrected chi connectivity index (χ0v) is 8.05. The molecule has 0 atom stereocenters. The Morgan fingerprint density at radius 1 is 1.25 bits per heavy atom. The highest BCUT2D eigenvalue weighted by molar-refractivity contribution is 6.03. The number of nitrogens with two attached hydrogens (primary N) is 2. The van der Waals surface area contributed by atoms with Gasteiger partial charge in [-0.1, -0.05) is 12.1 Å². The Kier molecular flexibility index (Phi) is 3.17. The van der Waals surface area contributed by atoms with Crippen molar-refractivity contribution >= 4 is 11.8 Å². The lowest BCUT2D eigenvalue weighted by Crippen LogP contribution is -2.19. The summed E-state index contributed by atoms with van der Waals surface area (Å²) in [5, 5.41) is 6.84. The van der Waals surface area contributed by atoms with Crippen molar-refractivity contribution < 1.29 is 13.2 Å². The van der Waals surface area contributed by atoms with E-state index >= 15 is 0 Å². The normalized spacial score (nSPS) is 12.6. The fourth-order valence-corrected chi connectivity index (χ4v) is 1.05. The van der Waals surface area contributed by atoms with Gasteiger partial charge in [0.05, 0.1) is 5.56 Å². The van der Waals surface area contributed by atoms with Gasteiger partial charge in [0.1, 0.15) is 5.84 Å². The third-order valence-corrected chi connectivity index (χ3v) is 1.73. The van der Waals surface area contributed by atoms with E-state index in [1.165, 1.54) is 12.1 Å². The monoisotopic (exact) mass is 230 g/mol. The van der Waals surface area contributed by atoms with Crippen molar-refractivity contribution in [1.82, 2.24) is 0 Å². The number of halogens is 3. The highest BCUT2D eigenvalue weighted by atomic mass is 19.4. The number of rotatable bonds is 1. The van der Waals surface area contributed by atoms with Crippen LogP contribution in [0.15, 0.2) is 29.3 Å². The molecule has 86 valence electrons. The molecule has 0 radical (unpaired) electrons. The van der Waals surface area contributed by atoms with Crippen LogP contribution in [0.5, 0.6) is 0 Å². The Morgan fingerprint density at radius 2 is 1.88 bits per heavy atom. The molecule has 0 aliphatic carbocycles. The fourth-order valence-electron chi connectivity index (χ4n) is 1.05. The van der Waals surface area contributed by atoms with E-state index in [-0.39, 0.29) is 11.4 Å². The van der Waals surface area contributed by atoms with Crippen LogP contribution in [0.2, 0.25) is 0 Å². The minimum Gasteiger partial charge on any atom is -0.383 e. The summed E-state index contributed by atoms with van der Waals surface area (Å²) in [5.41, 5.74) is 9.57. The first-order valence-corrected chi connectivity index (χ1v) is 4.16. The van der Waals surface area contributed by atoms with Gasteiger partial charge < -0.3 is 11.5 Å². The van der Waals surface area contributed by atoms with Crippen LogP contribution in [0.3, 0.4) is 0 Å². The molecular formula is C9H9F3N4. The Balaban J connectivity index is 3.13. The van der Waals surface area contributed by atoms with E-state index in [0.29, 0.717) is 0 Å². The van der Waals surface area contributed by atoms with Gasteiger partial charge in [-0.25, -0.2) is 0 Å². The van der Waals surface area contributed by atoms with Crippen LogP contribution in [-0.2, 0) is 6.18 Å². The Morgan fingerprint density at radius 3 is 2.38 bits per heavy atom. The second-order valence-electron chi connectivity index (χ2n) is 2.96. The van der Waals surface area contributed by atoms with Crippen molar-refractivity contribution in [3.8, 4) is 0 Å². The highest BCUT2D eigenvalue weighted by Crippen LogP contribution is 2.29. The van der Waals surface area contributed by atoms with Crippen LogP contribution in [0.25, 0.3) is 0 Å². The topological polar surface area (TPSA) is 88.2 Å². The van der Waals surface area contributed by atoms with Crippen molar-refractivity contribution in [2.45, 2.75) is 6.18 Å². The smallest absolute Gasteiger partial charge is 0.383 e. The van der Waals surface area contributed by atoms with E-state index in [1.807, 2.05) is 0 Å². The maximum atomic E-state index is 12.3. The number of aliphatic imine (C=N–C) groups is 1. The van der Waals surface area contributed by atoms with Gasteiger partial charge in [-0.3, -0.25) is 5.41 Å². The van der Waals surface area contributed by atoms with Gasteiger partial charge in [-0.05, 0) is 12.1 Å². The zero-order valence-electron chi connectivity index (χ0n) is 8.05. The van der Waals surface area contributed by atoms with E-state index in [4.69, 9.17) is 16.9 Å². The number of benzene rings is 1. The second kappa shape index (κ2) is 4.21. The molecule has 7 heteroatoms. The van der Waals surface area contributed by atoms with Crippen molar-refractivity contribution in [1.29, 1.82) is 5.41 Å². The molecule has 1 rings (SSSR count). The van der Waals surface area contributed by atoms with Crippen molar-refractivity contribution in [2.75, 3.05) is 0 Å². The minimum absolute atomic E-state index is 0.0741. The van der Waals surface area contributed by atoms with E-state index < -0.39 is 17.7 Å². The van der Waals surface area contributed by atoms with E-state index in [0.717, 1.165) is 12.1 Å². The largest absolute Gasteiger partial charge is 0.416 e. The molecule has 0 aliphatic rings. The summed E-state index contributed by atoms with van der Waals surface area (Å²) in [6.07, 6.45) is -4.44. The average Bonchev–Trinajstić information content (AvgIpc) is 2.15. The molecule has 0 fully saturated rings. The van der Waals surface area contributed by atoms with Crippen LogP contribution in [-0.4, -0.2) is 11.8 Å². The summed E-state index contributed by atoms with van der Waals surface area (Å²) in [6.45, 7) is 0. The molecule has 1 aromatic carbocycles. The summed E-state index contributed by atoms with van der Waals surface area (Å²) < 4.78 is 37.0. The van der Waals surface area contributed by atoms with Crippen LogP contribution < -0.4 is 11.5 Å². The molecular weight excluding hydrogens is 221 g/mol. The third kappa shape index (κ3) is 2.97. The molecule has 0 saturated carbocycles. The lowest BCUT2D eigenvalue weighted by molar-refractivity contribution is -0.137. The SMILES string of the molecule is N=C(N)N=C(N)c1cccc(C(F)(F)F)c1. The minimum atomic E-state index is -4.44. The van der Waals surface area contributed by atoms with Crippen LogP contribution in [0.1, 0.15) is 11.1 Å². The van der Waals surface area contributed by atoms with Crippen molar-refractivity contribution in [3.05, 3.63) is 35.4 Å². The first-order chi connectivity index (χ1) is 7.30. The van der Waals surface area contributed by atoms with Crippen molar-refractivity contribution in [2.24, 2.45) is 16.5 Å². The first-order valence-electron chi connectivity index (χ1n) is 4.16. The molecule has 16 heavy (non-hydrogen) atoms. The number of hydrogen-bond donors (Lipinski definition) is 3. The Labute approximate surface area is 89.3 Å². The molecule has 0 saturated heterocycles. The molecule has 0 aliphatic heterocycles. The van der Waals surface area contributed by atoms with Crippen LogP contribution >= 0.6 is 0 Å². The molecule has 0 heterocycles. The molecule has 0 spiro atoms. The molecule has 0 aromatic heterocycles. The van der Waals surface area contributed by atoms with E-state index in [1.54, 1.807) is 0 Å². The average molecular weight is 230 g/mol. The molecule has 1 aromatic rings. The molecule has 0 bridgehead atoms. The van der Waals surface area contributed by atoms with Crippen LogP contribution in [0.4, 0.5) is 13.2 Å². The number of amidine groups is 1. The quantitative estimate of drug-likeness (QED) is 0.501. The maximum absolute atomic E-state index is 12.3. The first kappa shape index (κ1) is 12.0. The van der Waals surface area contributed by atoms with Crippen molar-refractivity contribution in [3.63, 3.8) is 0 Å². The zero-order chi connectivity index (χ0) is 12.3. The van der Waals surface area contributed by atoms with Gasteiger partial charge in [0.15, 0.2) is 0 Å². The second-order valence-corrected chi connectivity index (χ2v) is 2.96. The van der Waals surface area contributed by atoms with Crippen LogP contribution in [0, 0.1) is 5.41 Å². The van der Waals surface area contributed by atoms with Gasteiger partial charge in [-0.2, -0.15) is 18.2 Å². The molecule has 0 amide bonds. The van der Waals surface area contributed by atoms with Gasteiger partial charge in [0.25, 0.3) is 0 Å². The maximum Gasteiger partial charge on any atom is 0.416 e. The number of alkyl halides is 3.